The Morgan fingerprint density at radius 2 is 1.96 bits per heavy atom. The maximum atomic E-state index is 12.4. The standard InChI is InChI=1S/C16H21N3O6/c1-16(2,15(21)24-3)17-14(20)11-4-5-12(13(10-11)19(22)23)18-6-8-25-9-7-18/h4-5,10H,6-9H2,1-3H3,(H,17,20). The number of methoxy groups -OCH3 is 1. The summed E-state index contributed by atoms with van der Waals surface area (Å²) in [6, 6.07) is 4.26. The number of nitrogens with one attached hydrogen (secondary N) is 1. The van der Waals surface area contributed by atoms with E-state index in [2.05, 4.69) is 10.1 Å². The molecular formula is C16H21N3O6. The van der Waals surface area contributed by atoms with Crippen LogP contribution in [0.1, 0.15) is 24.2 Å². The van der Waals surface area contributed by atoms with Gasteiger partial charge in [-0.1, -0.05) is 0 Å². The lowest BCUT2D eigenvalue weighted by atomic mass is 10.0. The van der Waals surface area contributed by atoms with Gasteiger partial charge in [-0.25, -0.2) is 4.79 Å². The van der Waals surface area contributed by atoms with Crippen molar-refractivity contribution in [2.75, 3.05) is 38.3 Å². The van der Waals surface area contributed by atoms with Crippen LogP contribution in [0, 0.1) is 10.1 Å². The molecule has 0 saturated carbocycles. The van der Waals surface area contributed by atoms with Gasteiger partial charge in [-0.3, -0.25) is 14.9 Å². The summed E-state index contributed by atoms with van der Waals surface area (Å²) in [5, 5.41) is 13.9. The molecule has 0 radical (unpaired) electrons. The van der Waals surface area contributed by atoms with Crippen molar-refractivity contribution >= 4 is 23.3 Å². The second kappa shape index (κ2) is 7.47. The Hall–Kier alpha value is -2.68. The fourth-order valence-corrected chi connectivity index (χ4v) is 2.54. The van der Waals surface area contributed by atoms with E-state index < -0.39 is 22.3 Å². The van der Waals surface area contributed by atoms with Crippen LogP contribution in [0.2, 0.25) is 0 Å². The highest BCUT2D eigenvalue weighted by molar-refractivity contribution is 5.99. The van der Waals surface area contributed by atoms with Crippen LogP contribution in [-0.2, 0) is 14.3 Å². The largest absolute Gasteiger partial charge is 0.467 e. The number of nitro groups is 1. The first-order chi connectivity index (χ1) is 11.8. The first kappa shape index (κ1) is 18.7. The Morgan fingerprint density at radius 3 is 2.52 bits per heavy atom. The zero-order valence-electron chi connectivity index (χ0n) is 14.4. The molecule has 0 spiro atoms. The van der Waals surface area contributed by atoms with Gasteiger partial charge in [0, 0.05) is 24.7 Å². The highest BCUT2D eigenvalue weighted by atomic mass is 16.6. The van der Waals surface area contributed by atoms with Crippen molar-refractivity contribution in [3.05, 3.63) is 33.9 Å². The van der Waals surface area contributed by atoms with Crippen molar-refractivity contribution < 1.29 is 24.0 Å². The maximum absolute atomic E-state index is 12.4. The third-order valence-corrected chi connectivity index (χ3v) is 3.91. The Kier molecular flexibility index (Phi) is 5.58. The molecule has 1 aliphatic heterocycles. The van der Waals surface area contributed by atoms with Crippen LogP contribution in [0.5, 0.6) is 0 Å². The molecule has 1 saturated heterocycles. The molecule has 2 rings (SSSR count). The molecule has 1 N–H and O–H groups in total. The zero-order valence-corrected chi connectivity index (χ0v) is 14.4. The van der Waals surface area contributed by atoms with Gasteiger partial charge < -0.3 is 19.7 Å². The number of benzene rings is 1. The minimum Gasteiger partial charge on any atom is -0.467 e. The van der Waals surface area contributed by atoms with Gasteiger partial charge in [-0.15, -0.1) is 0 Å². The molecule has 1 aromatic carbocycles. The van der Waals surface area contributed by atoms with Gasteiger partial charge in [-0.05, 0) is 26.0 Å². The molecular weight excluding hydrogens is 330 g/mol. The van der Waals surface area contributed by atoms with Gasteiger partial charge in [-0.2, -0.15) is 0 Å². The van der Waals surface area contributed by atoms with E-state index in [1.807, 2.05) is 4.90 Å². The molecule has 0 aliphatic carbocycles. The second-order valence-corrected chi connectivity index (χ2v) is 6.13. The molecule has 0 bridgehead atoms. The summed E-state index contributed by atoms with van der Waals surface area (Å²) in [6.45, 7) is 5.06. The van der Waals surface area contributed by atoms with E-state index in [0.29, 0.717) is 32.0 Å². The fourth-order valence-electron chi connectivity index (χ4n) is 2.54. The molecule has 1 aromatic rings. The van der Waals surface area contributed by atoms with Crippen molar-refractivity contribution in [3.8, 4) is 0 Å². The number of esters is 1. The molecule has 1 fully saturated rings. The van der Waals surface area contributed by atoms with Gasteiger partial charge >= 0.3 is 5.97 Å². The van der Waals surface area contributed by atoms with E-state index >= 15 is 0 Å². The molecule has 25 heavy (non-hydrogen) atoms. The summed E-state index contributed by atoms with van der Waals surface area (Å²) in [7, 11) is 1.22. The van der Waals surface area contributed by atoms with Crippen LogP contribution in [0.4, 0.5) is 11.4 Å². The van der Waals surface area contributed by atoms with Gasteiger partial charge in [0.05, 0.1) is 25.2 Å². The number of amides is 1. The van der Waals surface area contributed by atoms with Crippen LogP contribution >= 0.6 is 0 Å². The van der Waals surface area contributed by atoms with Crippen molar-refractivity contribution in [2.24, 2.45) is 0 Å². The highest BCUT2D eigenvalue weighted by Crippen LogP contribution is 2.30. The lowest BCUT2D eigenvalue weighted by molar-refractivity contribution is -0.384. The smallest absolute Gasteiger partial charge is 0.330 e. The molecule has 1 amide bonds. The Morgan fingerprint density at radius 1 is 1.32 bits per heavy atom. The number of anilines is 1. The van der Waals surface area contributed by atoms with Crippen LogP contribution in [-0.4, -0.2) is 55.8 Å². The molecule has 0 atom stereocenters. The van der Waals surface area contributed by atoms with Crippen molar-refractivity contribution in [1.29, 1.82) is 0 Å². The molecule has 136 valence electrons. The number of hydrogen-bond acceptors (Lipinski definition) is 7. The highest BCUT2D eigenvalue weighted by Gasteiger charge is 2.31. The summed E-state index contributed by atoms with van der Waals surface area (Å²) >= 11 is 0. The minimum absolute atomic E-state index is 0.0979. The second-order valence-electron chi connectivity index (χ2n) is 6.13. The molecule has 0 unspecified atom stereocenters. The summed E-state index contributed by atoms with van der Waals surface area (Å²) in [5.41, 5.74) is -0.869. The van der Waals surface area contributed by atoms with Crippen molar-refractivity contribution in [1.82, 2.24) is 5.32 Å². The number of carbonyl (C=O) groups is 2. The van der Waals surface area contributed by atoms with Gasteiger partial charge in [0.25, 0.3) is 11.6 Å². The van der Waals surface area contributed by atoms with Gasteiger partial charge in [0.15, 0.2) is 0 Å². The van der Waals surface area contributed by atoms with Crippen LogP contribution < -0.4 is 10.2 Å². The fraction of sp³-hybridized carbons (Fsp3) is 0.500. The SMILES string of the molecule is COC(=O)C(C)(C)NC(=O)c1ccc(N2CCOCC2)c([N+](=O)[O-])c1. The quantitative estimate of drug-likeness (QED) is 0.480. The molecule has 9 nitrogen and oxygen atoms in total. The summed E-state index contributed by atoms with van der Waals surface area (Å²) in [6.07, 6.45) is 0. The molecule has 9 heteroatoms. The maximum Gasteiger partial charge on any atom is 0.330 e. The number of hydrogen-bond donors (Lipinski definition) is 1. The average molecular weight is 351 g/mol. The van der Waals surface area contributed by atoms with Crippen LogP contribution in [0.25, 0.3) is 0 Å². The third kappa shape index (κ3) is 4.24. The average Bonchev–Trinajstić information content (AvgIpc) is 2.60. The summed E-state index contributed by atoms with van der Waals surface area (Å²) in [5.74, 6) is -1.20. The van der Waals surface area contributed by atoms with E-state index in [1.54, 1.807) is 6.07 Å². The monoisotopic (exact) mass is 351 g/mol. The number of rotatable bonds is 5. The molecule has 1 aliphatic rings. The van der Waals surface area contributed by atoms with Gasteiger partial charge in [0.1, 0.15) is 11.2 Å². The van der Waals surface area contributed by atoms with Crippen molar-refractivity contribution in [2.45, 2.75) is 19.4 Å². The first-order valence-electron chi connectivity index (χ1n) is 7.78. The lowest BCUT2D eigenvalue weighted by Gasteiger charge is -2.28. The minimum atomic E-state index is -1.25. The van der Waals surface area contributed by atoms with Gasteiger partial charge in [0.2, 0.25) is 0 Å². The van der Waals surface area contributed by atoms with E-state index in [4.69, 9.17) is 4.74 Å². The number of carbonyl (C=O) groups excluding carboxylic acids is 2. The van der Waals surface area contributed by atoms with E-state index in [0.717, 1.165) is 0 Å². The first-order valence-corrected chi connectivity index (χ1v) is 7.78. The van der Waals surface area contributed by atoms with E-state index in [1.165, 1.54) is 33.1 Å². The van der Waals surface area contributed by atoms with E-state index in [-0.39, 0.29) is 11.3 Å². The lowest BCUT2D eigenvalue weighted by Crippen LogP contribution is -2.50. The number of nitro benzene ring substituents is 1. The zero-order chi connectivity index (χ0) is 18.6. The van der Waals surface area contributed by atoms with Crippen molar-refractivity contribution in [3.63, 3.8) is 0 Å². The molecule has 0 aromatic heterocycles. The third-order valence-electron chi connectivity index (χ3n) is 3.91. The van der Waals surface area contributed by atoms with Crippen LogP contribution in [0.15, 0.2) is 18.2 Å². The molecule has 1 heterocycles. The predicted octanol–water partition coefficient (Wildman–Crippen LogP) is 1.11. The topological polar surface area (TPSA) is 111 Å². The summed E-state index contributed by atoms with van der Waals surface area (Å²) in [4.78, 5) is 36.8. The number of morpholine rings is 1. The van der Waals surface area contributed by atoms with Crippen LogP contribution in [0.3, 0.4) is 0 Å². The number of ether oxygens (including phenoxy) is 2. The summed E-state index contributed by atoms with van der Waals surface area (Å²) < 4.78 is 9.88. The number of nitrogens with zero attached hydrogens (tertiary/aromatic N) is 2. The Bertz CT molecular complexity index is 682. The van der Waals surface area contributed by atoms with E-state index in [9.17, 15) is 19.7 Å². The normalized spacial score (nSPS) is 14.8. The predicted molar refractivity (Wildman–Crippen MR) is 89.7 cm³/mol. The Balaban J connectivity index is 2.27. The Labute approximate surface area is 145 Å².